The van der Waals surface area contributed by atoms with Gasteiger partial charge in [-0.25, -0.2) is 0 Å². The Bertz CT molecular complexity index is 912. The van der Waals surface area contributed by atoms with Crippen molar-refractivity contribution in [2.24, 2.45) is 0 Å². The predicted molar refractivity (Wildman–Crippen MR) is 111 cm³/mol. The van der Waals surface area contributed by atoms with Crippen molar-refractivity contribution >= 4 is 5.95 Å². The molecule has 1 saturated heterocycles. The SMILES string of the molecule is CN(C)c1noc(C2CCCN(Cc3ccccc3OCc3cccnc3)C2)n1. The Morgan fingerprint density at radius 1 is 1.21 bits per heavy atom. The molecule has 0 spiro atoms. The second kappa shape index (κ2) is 9.05. The van der Waals surface area contributed by atoms with Crippen molar-refractivity contribution in [3.05, 3.63) is 65.8 Å². The summed E-state index contributed by atoms with van der Waals surface area (Å²) in [4.78, 5) is 13.0. The first kappa shape index (κ1) is 19.4. The maximum Gasteiger partial charge on any atom is 0.265 e. The van der Waals surface area contributed by atoms with Crippen molar-refractivity contribution in [3.63, 3.8) is 0 Å². The van der Waals surface area contributed by atoms with Crippen LogP contribution < -0.4 is 9.64 Å². The highest BCUT2D eigenvalue weighted by Crippen LogP contribution is 2.29. The van der Waals surface area contributed by atoms with Gasteiger partial charge in [-0.05, 0) is 36.7 Å². The van der Waals surface area contributed by atoms with Gasteiger partial charge in [0.2, 0.25) is 5.89 Å². The maximum atomic E-state index is 6.09. The number of likely N-dealkylation sites (tertiary alicyclic amines) is 1. The van der Waals surface area contributed by atoms with Crippen LogP contribution in [0.15, 0.2) is 53.3 Å². The number of benzene rings is 1. The van der Waals surface area contributed by atoms with E-state index >= 15 is 0 Å². The molecule has 0 amide bonds. The molecule has 152 valence electrons. The number of ether oxygens (including phenoxy) is 1. The quantitative estimate of drug-likeness (QED) is 0.609. The molecule has 0 aliphatic carbocycles. The number of pyridine rings is 1. The Kier molecular flexibility index (Phi) is 6.05. The summed E-state index contributed by atoms with van der Waals surface area (Å²) in [5.74, 6) is 2.56. The van der Waals surface area contributed by atoms with E-state index in [0.29, 0.717) is 12.6 Å². The molecule has 0 bridgehead atoms. The van der Waals surface area contributed by atoms with Crippen LogP contribution in [0.1, 0.15) is 35.8 Å². The summed E-state index contributed by atoms with van der Waals surface area (Å²) >= 11 is 0. The molecule has 0 radical (unpaired) electrons. The van der Waals surface area contributed by atoms with Gasteiger partial charge in [0.05, 0.1) is 5.92 Å². The average Bonchev–Trinajstić information content (AvgIpc) is 3.25. The summed E-state index contributed by atoms with van der Waals surface area (Å²) in [6.07, 6.45) is 5.80. The fourth-order valence-corrected chi connectivity index (χ4v) is 3.64. The Morgan fingerprint density at radius 3 is 2.90 bits per heavy atom. The highest BCUT2D eigenvalue weighted by Gasteiger charge is 2.26. The fourth-order valence-electron chi connectivity index (χ4n) is 3.64. The lowest BCUT2D eigenvalue weighted by Crippen LogP contribution is -2.34. The van der Waals surface area contributed by atoms with E-state index in [1.54, 1.807) is 6.20 Å². The third-order valence-electron chi connectivity index (χ3n) is 5.17. The number of piperidine rings is 1. The van der Waals surface area contributed by atoms with Crippen molar-refractivity contribution in [3.8, 4) is 5.75 Å². The van der Waals surface area contributed by atoms with E-state index in [0.717, 1.165) is 49.7 Å². The van der Waals surface area contributed by atoms with Gasteiger partial charge >= 0.3 is 0 Å². The van der Waals surface area contributed by atoms with Gasteiger partial charge < -0.3 is 14.2 Å². The first-order valence-electron chi connectivity index (χ1n) is 10.0. The molecule has 3 aromatic rings. The van der Waals surface area contributed by atoms with E-state index in [1.165, 1.54) is 5.56 Å². The van der Waals surface area contributed by atoms with Crippen LogP contribution in [0, 0.1) is 0 Å². The number of hydrogen-bond donors (Lipinski definition) is 0. The van der Waals surface area contributed by atoms with Crippen LogP contribution in [0.3, 0.4) is 0 Å². The van der Waals surface area contributed by atoms with Crippen molar-refractivity contribution < 1.29 is 9.26 Å². The Hall–Kier alpha value is -2.93. The van der Waals surface area contributed by atoms with Gasteiger partial charge in [-0.2, -0.15) is 4.98 Å². The van der Waals surface area contributed by atoms with E-state index in [1.807, 2.05) is 49.5 Å². The Balaban J connectivity index is 1.40. The fraction of sp³-hybridized carbons (Fsp3) is 0.409. The van der Waals surface area contributed by atoms with E-state index in [9.17, 15) is 0 Å². The summed E-state index contributed by atoms with van der Waals surface area (Å²) in [5, 5.41) is 4.06. The summed E-state index contributed by atoms with van der Waals surface area (Å²) in [6, 6.07) is 12.2. The van der Waals surface area contributed by atoms with Gasteiger partial charge in [-0.15, -0.1) is 0 Å². The Morgan fingerprint density at radius 2 is 2.10 bits per heavy atom. The van der Waals surface area contributed by atoms with E-state index in [-0.39, 0.29) is 5.92 Å². The first-order valence-corrected chi connectivity index (χ1v) is 10.0. The molecule has 1 aliphatic rings. The van der Waals surface area contributed by atoms with Gasteiger partial charge in [0.1, 0.15) is 12.4 Å². The van der Waals surface area contributed by atoms with E-state index in [2.05, 4.69) is 32.2 Å². The van der Waals surface area contributed by atoms with Gasteiger partial charge in [0.15, 0.2) is 0 Å². The minimum absolute atomic E-state index is 0.272. The second-order valence-electron chi connectivity index (χ2n) is 7.66. The zero-order valence-corrected chi connectivity index (χ0v) is 17.0. The lowest BCUT2D eigenvalue weighted by Gasteiger charge is -2.31. The molecule has 1 unspecified atom stereocenters. The maximum absolute atomic E-state index is 6.09. The molecular weight excluding hydrogens is 366 g/mol. The van der Waals surface area contributed by atoms with Crippen LogP contribution in [0.2, 0.25) is 0 Å². The molecular formula is C22H27N5O2. The highest BCUT2D eigenvalue weighted by atomic mass is 16.5. The number of anilines is 1. The average molecular weight is 393 g/mol. The standard InChI is InChI=1S/C22H27N5O2/c1-26(2)22-24-21(29-25-22)19-9-6-12-27(15-19)14-18-8-3-4-10-20(18)28-16-17-7-5-11-23-13-17/h3-5,7-8,10-11,13,19H,6,9,12,14-16H2,1-2H3. The molecule has 1 fully saturated rings. The van der Waals surface area contributed by atoms with Gasteiger partial charge in [-0.3, -0.25) is 9.88 Å². The molecule has 1 atom stereocenters. The number of para-hydroxylation sites is 1. The molecule has 7 heteroatoms. The Labute approximate surface area is 171 Å². The van der Waals surface area contributed by atoms with Gasteiger partial charge in [0.25, 0.3) is 5.95 Å². The zero-order chi connectivity index (χ0) is 20.1. The van der Waals surface area contributed by atoms with Crippen molar-refractivity contribution in [1.82, 2.24) is 20.0 Å². The third-order valence-corrected chi connectivity index (χ3v) is 5.17. The summed E-state index contributed by atoms with van der Waals surface area (Å²) in [7, 11) is 3.84. The molecule has 29 heavy (non-hydrogen) atoms. The largest absolute Gasteiger partial charge is 0.489 e. The predicted octanol–water partition coefficient (Wildman–Crippen LogP) is 3.49. The van der Waals surface area contributed by atoms with Crippen LogP contribution in [-0.4, -0.2) is 47.2 Å². The zero-order valence-electron chi connectivity index (χ0n) is 17.0. The summed E-state index contributed by atoms with van der Waals surface area (Å²) in [6.45, 7) is 3.32. The lowest BCUT2D eigenvalue weighted by atomic mass is 9.97. The van der Waals surface area contributed by atoms with E-state index in [4.69, 9.17) is 9.26 Å². The molecule has 0 N–H and O–H groups in total. The number of hydrogen-bond acceptors (Lipinski definition) is 7. The lowest BCUT2D eigenvalue weighted by molar-refractivity contribution is 0.177. The molecule has 7 nitrogen and oxygen atoms in total. The number of aromatic nitrogens is 3. The monoisotopic (exact) mass is 393 g/mol. The number of nitrogens with zero attached hydrogens (tertiary/aromatic N) is 5. The van der Waals surface area contributed by atoms with Crippen LogP contribution in [0.4, 0.5) is 5.95 Å². The third kappa shape index (κ3) is 4.92. The van der Waals surface area contributed by atoms with Gasteiger partial charge in [-0.1, -0.05) is 24.3 Å². The topological polar surface area (TPSA) is 67.5 Å². The minimum atomic E-state index is 0.272. The van der Waals surface area contributed by atoms with Crippen LogP contribution >= 0.6 is 0 Å². The molecule has 2 aromatic heterocycles. The molecule has 1 aliphatic heterocycles. The van der Waals surface area contributed by atoms with E-state index < -0.39 is 0 Å². The van der Waals surface area contributed by atoms with Gasteiger partial charge in [0, 0.05) is 50.7 Å². The highest BCUT2D eigenvalue weighted by molar-refractivity contribution is 5.33. The van der Waals surface area contributed by atoms with Crippen molar-refractivity contribution in [2.75, 3.05) is 32.1 Å². The van der Waals surface area contributed by atoms with Crippen LogP contribution in [0.25, 0.3) is 0 Å². The summed E-state index contributed by atoms with van der Waals surface area (Å²) in [5.41, 5.74) is 2.25. The molecule has 3 heterocycles. The minimum Gasteiger partial charge on any atom is -0.489 e. The summed E-state index contributed by atoms with van der Waals surface area (Å²) < 4.78 is 11.6. The molecule has 4 rings (SSSR count). The second-order valence-corrected chi connectivity index (χ2v) is 7.66. The van der Waals surface area contributed by atoms with Crippen molar-refractivity contribution in [2.45, 2.75) is 31.9 Å². The first-order chi connectivity index (χ1) is 14.2. The number of rotatable bonds is 7. The van der Waals surface area contributed by atoms with Crippen molar-refractivity contribution in [1.29, 1.82) is 0 Å². The van der Waals surface area contributed by atoms with Crippen LogP contribution in [0.5, 0.6) is 5.75 Å². The van der Waals surface area contributed by atoms with Crippen LogP contribution in [-0.2, 0) is 13.2 Å². The molecule has 1 aromatic carbocycles. The normalized spacial score (nSPS) is 17.2. The molecule has 0 saturated carbocycles. The smallest absolute Gasteiger partial charge is 0.265 e.